The number of rotatable bonds is 5. The lowest BCUT2D eigenvalue weighted by atomic mass is 10.0. The molecule has 1 atom stereocenters. The highest BCUT2D eigenvalue weighted by atomic mass is 79.9. The van der Waals surface area contributed by atoms with Gasteiger partial charge in [-0.25, -0.2) is 0 Å². The van der Waals surface area contributed by atoms with Gasteiger partial charge in [-0.15, -0.1) is 0 Å². The maximum absolute atomic E-state index is 5.49. The molecule has 1 heterocycles. The minimum Gasteiger partial charge on any atom is -0.496 e. The van der Waals surface area contributed by atoms with Crippen molar-refractivity contribution < 1.29 is 4.74 Å². The summed E-state index contributed by atoms with van der Waals surface area (Å²) in [5.74, 6) is 0.887. The van der Waals surface area contributed by atoms with Gasteiger partial charge in [-0.3, -0.25) is 4.68 Å². The van der Waals surface area contributed by atoms with E-state index < -0.39 is 0 Å². The van der Waals surface area contributed by atoms with Gasteiger partial charge in [0.2, 0.25) is 0 Å². The van der Waals surface area contributed by atoms with Crippen LogP contribution in [-0.2, 0) is 13.5 Å². The lowest BCUT2D eigenvalue weighted by Gasteiger charge is -2.19. The smallest absolute Gasteiger partial charge is 0.124 e. The predicted molar refractivity (Wildman–Crippen MR) is 84.1 cm³/mol. The summed E-state index contributed by atoms with van der Waals surface area (Å²) in [6, 6.07) is 8.43. The summed E-state index contributed by atoms with van der Waals surface area (Å²) >= 11 is 3.48. The van der Waals surface area contributed by atoms with E-state index >= 15 is 0 Å². The van der Waals surface area contributed by atoms with E-state index in [2.05, 4.69) is 38.5 Å². The molecule has 2 aromatic rings. The molecule has 0 saturated heterocycles. The van der Waals surface area contributed by atoms with Gasteiger partial charge in [0.15, 0.2) is 0 Å². The lowest BCUT2D eigenvalue weighted by molar-refractivity contribution is 0.400. The van der Waals surface area contributed by atoms with Crippen LogP contribution < -0.4 is 10.1 Å². The Hall–Kier alpha value is -1.33. The van der Waals surface area contributed by atoms with Gasteiger partial charge in [-0.1, -0.05) is 22.0 Å². The van der Waals surface area contributed by atoms with E-state index in [1.807, 2.05) is 37.8 Å². The average Bonchev–Trinajstić information content (AvgIpc) is 2.74. The molecule has 108 valence electrons. The number of benzene rings is 1. The van der Waals surface area contributed by atoms with Gasteiger partial charge in [0.25, 0.3) is 0 Å². The monoisotopic (exact) mass is 337 g/mol. The van der Waals surface area contributed by atoms with E-state index in [4.69, 9.17) is 4.74 Å². The van der Waals surface area contributed by atoms with Crippen LogP contribution in [0.5, 0.6) is 5.75 Å². The van der Waals surface area contributed by atoms with E-state index in [9.17, 15) is 0 Å². The highest BCUT2D eigenvalue weighted by Gasteiger charge is 2.17. The number of likely N-dealkylation sites (N-methyl/N-ethyl adjacent to an activating group) is 1. The summed E-state index contributed by atoms with van der Waals surface area (Å²) in [7, 11) is 5.65. The Bertz CT molecular complexity index is 595. The first-order valence-electron chi connectivity index (χ1n) is 6.55. The van der Waals surface area contributed by atoms with Gasteiger partial charge in [0.1, 0.15) is 5.75 Å². The van der Waals surface area contributed by atoms with Crippen LogP contribution in [0.15, 0.2) is 28.7 Å². The molecule has 1 aromatic carbocycles. The van der Waals surface area contributed by atoms with Gasteiger partial charge >= 0.3 is 0 Å². The summed E-state index contributed by atoms with van der Waals surface area (Å²) in [6.45, 7) is 2.01. The molecular formula is C15H20BrN3O. The zero-order chi connectivity index (χ0) is 14.7. The van der Waals surface area contributed by atoms with Gasteiger partial charge < -0.3 is 10.1 Å². The Morgan fingerprint density at radius 1 is 1.40 bits per heavy atom. The van der Waals surface area contributed by atoms with Gasteiger partial charge in [-0.2, -0.15) is 5.10 Å². The van der Waals surface area contributed by atoms with Crippen molar-refractivity contribution >= 4 is 15.9 Å². The molecule has 0 aliphatic heterocycles. The second-order valence-electron chi connectivity index (χ2n) is 4.83. The van der Waals surface area contributed by atoms with E-state index in [1.54, 1.807) is 7.11 Å². The fourth-order valence-electron chi connectivity index (χ4n) is 2.40. The second-order valence-corrected chi connectivity index (χ2v) is 5.75. The number of hydrogen-bond donors (Lipinski definition) is 1. The van der Waals surface area contributed by atoms with Crippen molar-refractivity contribution in [3.05, 3.63) is 45.7 Å². The normalized spacial score (nSPS) is 12.4. The Balaban J connectivity index is 2.30. The third-order valence-corrected chi connectivity index (χ3v) is 3.92. The SMILES string of the molecule is CNC(Cc1cc(C)nn1C)c1ccc(Br)cc1OC. The summed E-state index contributed by atoms with van der Waals surface area (Å²) in [5.41, 5.74) is 3.39. The third kappa shape index (κ3) is 3.22. The molecule has 0 fully saturated rings. The van der Waals surface area contributed by atoms with Crippen molar-refractivity contribution in [2.45, 2.75) is 19.4 Å². The first kappa shape index (κ1) is 15.1. The number of aromatic nitrogens is 2. The topological polar surface area (TPSA) is 39.1 Å². The first-order chi connectivity index (χ1) is 9.55. The second kappa shape index (κ2) is 6.41. The molecule has 4 nitrogen and oxygen atoms in total. The van der Waals surface area contributed by atoms with Gasteiger partial charge in [-0.05, 0) is 32.2 Å². The van der Waals surface area contributed by atoms with E-state index in [0.717, 1.165) is 27.9 Å². The van der Waals surface area contributed by atoms with E-state index in [-0.39, 0.29) is 6.04 Å². The van der Waals surface area contributed by atoms with Crippen LogP contribution in [0.4, 0.5) is 0 Å². The third-order valence-electron chi connectivity index (χ3n) is 3.43. The highest BCUT2D eigenvalue weighted by molar-refractivity contribution is 9.10. The van der Waals surface area contributed by atoms with Gasteiger partial charge in [0, 0.05) is 35.2 Å². The number of hydrogen-bond acceptors (Lipinski definition) is 3. The minimum atomic E-state index is 0.188. The van der Waals surface area contributed by atoms with Gasteiger partial charge in [0.05, 0.1) is 12.8 Å². The molecule has 2 rings (SSSR count). The van der Waals surface area contributed by atoms with Crippen molar-refractivity contribution in [2.75, 3.05) is 14.2 Å². The maximum atomic E-state index is 5.49. The standard InChI is InChI=1S/C15H20BrN3O/c1-10-7-12(19(3)18-10)9-14(17-2)13-6-5-11(16)8-15(13)20-4/h5-8,14,17H,9H2,1-4H3. The molecule has 0 aliphatic carbocycles. The molecule has 20 heavy (non-hydrogen) atoms. The predicted octanol–water partition coefficient (Wildman–Crippen LogP) is 3.00. The summed E-state index contributed by atoms with van der Waals surface area (Å²) in [5, 5.41) is 7.76. The largest absolute Gasteiger partial charge is 0.496 e. The Kier molecular flexibility index (Phi) is 4.83. The van der Waals surface area contributed by atoms with E-state index in [0.29, 0.717) is 0 Å². The summed E-state index contributed by atoms with van der Waals surface area (Å²) in [4.78, 5) is 0. The van der Waals surface area contributed by atoms with Crippen molar-refractivity contribution in [2.24, 2.45) is 7.05 Å². The lowest BCUT2D eigenvalue weighted by Crippen LogP contribution is -2.20. The Morgan fingerprint density at radius 3 is 2.70 bits per heavy atom. The number of methoxy groups -OCH3 is 1. The van der Waals surface area contributed by atoms with Crippen LogP contribution in [0.3, 0.4) is 0 Å². The van der Waals surface area contributed by atoms with E-state index in [1.165, 1.54) is 5.69 Å². The number of aryl methyl sites for hydroxylation is 2. The Labute approximate surface area is 128 Å². The van der Waals surface area contributed by atoms with Crippen LogP contribution in [0.1, 0.15) is 23.0 Å². The molecule has 0 amide bonds. The zero-order valence-electron chi connectivity index (χ0n) is 12.3. The number of nitrogens with zero attached hydrogens (tertiary/aromatic N) is 2. The molecule has 0 aliphatic rings. The fraction of sp³-hybridized carbons (Fsp3) is 0.400. The first-order valence-corrected chi connectivity index (χ1v) is 7.34. The number of ether oxygens (including phenoxy) is 1. The molecule has 1 unspecified atom stereocenters. The van der Waals surface area contributed by atoms with Crippen LogP contribution in [0, 0.1) is 6.92 Å². The van der Waals surface area contributed by atoms with Crippen molar-refractivity contribution in [3.63, 3.8) is 0 Å². The van der Waals surface area contributed by atoms with Crippen molar-refractivity contribution in [1.82, 2.24) is 15.1 Å². The zero-order valence-corrected chi connectivity index (χ0v) is 13.9. The molecular weight excluding hydrogens is 318 g/mol. The van der Waals surface area contributed by atoms with Crippen LogP contribution in [0.25, 0.3) is 0 Å². The fourth-order valence-corrected chi connectivity index (χ4v) is 2.74. The molecule has 0 bridgehead atoms. The Morgan fingerprint density at radius 2 is 2.15 bits per heavy atom. The quantitative estimate of drug-likeness (QED) is 0.911. The average molecular weight is 338 g/mol. The van der Waals surface area contributed by atoms with Crippen molar-refractivity contribution in [1.29, 1.82) is 0 Å². The molecule has 5 heteroatoms. The van der Waals surface area contributed by atoms with Crippen LogP contribution >= 0.6 is 15.9 Å². The minimum absolute atomic E-state index is 0.188. The number of nitrogens with one attached hydrogen (secondary N) is 1. The number of halogens is 1. The highest BCUT2D eigenvalue weighted by Crippen LogP contribution is 2.30. The summed E-state index contributed by atoms with van der Waals surface area (Å²) in [6.07, 6.45) is 0.867. The molecule has 0 saturated carbocycles. The molecule has 1 aromatic heterocycles. The maximum Gasteiger partial charge on any atom is 0.124 e. The molecule has 1 N–H and O–H groups in total. The van der Waals surface area contributed by atoms with Crippen LogP contribution in [0.2, 0.25) is 0 Å². The molecule has 0 radical (unpaired) electrons. The van der Waals surface area contributed by atoms with Crippen LogP contribution in [-0.4, -0.2) is 23.9 Å². The van der Waals surface area contributed by atoms with Crippen molar-refractivity contribution in [3.8, 4) is 5.75 Å². The summed E-state index contributed by atoms with van der Waals surface area (Å²) < 4.78 is 8.44. The molecule has 0 spiro atoms.